The third-order valence-electron chi connectivity index (χ3n) is 7.19. The van der Waals surface area contributed by atoms with Gasteiger partial charge in [0.2, 0.25) is 0 Å². The van der Waals surface area contributed by atoms with E-state index in [0.29, 0.717) is 22.7 Å². The molecule has 40 heavy (non-hydrogen) atoms. The van der Waals surface area contributed by atoms with Crippen molar-refractivity contribution in [2.24, 2.45) is 5.41 Å². The van der Waals surface area contributed by atoms with E-state index in [2.05, 4.69) is 0 Å². The molecule has 1 heterocycles. The third kappa shape index (κ3) is 6.59. The van der Waals surface area contributed by atoms with Crippen molar-refractivity contribution >= 4 is 29.4 Å². The highest BCUT2D eigenvalue weighted by atomic mass is 35.5. The minimum Gasteiger partial charge on any atom is -0.465 e. The van der Waals surface area contributed by atoms with E-state index < -0.39 is 64.7 Å². The molecule has 1 fully saturated rings. The highest BCUT2D eigenvalue weighted by molar-refractivity contribution is 6.30. The van der Waals surface area contributed by atoms with Crippen molar-refractivity contribution in [3.63, 3.8) is 0 Å². The first-order valence-corrected chi connectivity index (χ1v) is 12.7. The van der Waals surface area contributed by atoms with Crippen LogP contribution in [0.25, 0.3) is 0 Å². The number of carboxylic acid groups (broad SMARTS) is 1. The Labute approximate surface area is 233 Å². The molecule has 0 aliphatic carbocycles. The number of urea groups is 1. The lowest BCUT2D eigenvalue weighted by Crippen LogP contribution is -2.61. The van der Waals surface area contributed by atoms with Crippen LogP contribution >= 0.6 is 11.6 Å². The lowest BCUT2D eigenvalue weighted by Gasteiger charge is -2.52. The molecule has 0 spiro atoms. The molecule has 0 radical (unpaired) electrons. The number of benzene rings is 2. The highest BCUT2D eigenvalue weighted by Gasteiger charge is 2.49. The zero-order valence-electron chi connectivity index (χ0n) is 22.4. The van der Waals surface area contributed by atoms with E-state index in [9.17, 15) is 41.0 Å². The maximum absolute atomic E-state index is 13.6. The molecule has 0 aromatic heterocycles. The Morgan fingerprint density at radius 1 is 0.925 bits per heavy atom. The number of carbonyl (C=O) groups is 2. The first-order valence-electron chi connectivity index (χ1n) is 12.3. The van der Waals surface area contributed by atoms with Crippen molar-refractivity contribution in [3.8, 4) is 0 Å². The van der Waals surface area contributed by atoms with Crippen LogP contribution in [0.4, 0.5) is 41.6 Å². The van der Waals surface area contributed by atoms with Crippen LogP contribution in [-0.4, -0.2) is 59.8 Å². The molecule has 220 valence electrons. The summed E-state index contributed by atoms with van der Waals surface area (Å²) in [5, 5.41) is 10.4. The third-order valence-corrected chi connectivity index (χ3v) is 7.44. The number of halogens is 7. The number of hydrogen-bond donors (Lipinski definition) is 1. The van der Waals surface area contributed by atoms with E-state index in [0.717, 1.165) is 11.9 Å². The second-order valence-corrected chi connectivity index (χ2v) is 11.4. The van der Waals surface area contributed by atoms with Crippen LogP contribution in [0.15, 0.2) is 42.5 Å². The molecule has 3 rings (SSSR count). The van der Waals surface area contributed by atoms with Gasteiger partial charge in [0.1, 0.15) is 0 Å². The van der Waals surface area contributed by atoms with Crippen LogP contribution in [0.5, 0.6) is 0 Å². The van der Waals surface area contributed by atoms with E-state index in [1.165, 1.54) is 16.8 Å². The van der Waals surface area contributed by atoms with Gasteiger partial charge in [-0.1, -0.05) is 44.5 Å². The molecule has 13 heteroatoms. The molecule has 1 saturated heterocycles. The predicted octanol–water partition coefficient (Wildman–Crippen LogP) is 7.82. The Morgan fingerprint density at radius 2 is 1.43 bits per heavy atom. The fraction of sp³-hybridized carbons (Fsp3) is 0.481. The molecule has 3 amide bonds. The molecule has 1 unspecified atom stereocenters. The van der Waals surface area contributed by atoms with Gasteiger partial charge in [0.05, 0.1) is 11.1 Å². The minimum absolute atomic E-state index is 0.00233. The van der Waals surface area contributed by atoms with Gasteiger partial charge in [-0.2, -0.15) is 26.3 Å². The number of amides is 3. The summed E-state index contributed by atoms with van der Waals surface area (Å²) in [6.45, 7) is 5.63. The van der Waals surface area contributed by atoms with E-state index in [4.69, 9.17) is 11.6 Å². The molecule has 1 aliphatic rings. The normalized spacial score (nSPS) is 20.3. The maximum atomic E-state index is 13.6. The van der Waals surface area contributed by atoms with E-state index >= 15 is 0 Å². The van der Waals surface area contributed by atoms with Crippen molar-refractivity contribution in [1.82, 2.24) is 9.80 Å². The van der Waals surface area contributed by atoms with Gasteiger partial charge in [-0.15, -0.1) is 0 Å². The van der Waals surface area contributed by atoms with Crippen molar-refractivity contribution < 1.29 is 41.0 Å². The standard InChI is InChI=1S/C27H30ClF6N3O3/c1-25(2,3)22-21(15-6-8-18(28)9-7-15)20(10-11-37(22)24(39)40)36(5)23(38)35(4)19-13-16(26(29,30)31)12-17(14-19)27(32,33)34/h6-9,12-14,20-22H,10-11H2,1-5H3,(H,39,40)/t20-,21-,22?/m1/s1. The fourth-order valence-electron chi connectivity index (χ4n) is 5.36. The van der Waals surface area contributed by atoms with Gasteiger partial charge in [-0.25, -0.2) is 9.59 Å². The lowest BCUT2D eigenvalue weighted by atomic mass is 9.69. The van der Waals surface area contributed by atoms with E-state index in [1.807, 2.05) is 20.8 Å². The largest absolute Gasteiger partial charge is 0.465 e. The van der Waals surface area contributed by atoms with Crippen LogP contribution in [0, 0.1) is 5.41 Å². The second-order valence-electron chi connectivity index (χ2n) is 10.9. The van der Waals surface area contributed by atoms with Crippen LogP contribution in [-0.2, 0) is 12.4 Å². The maximum Gasteiger partial charge on any atom is 0.416 e. The summed E-state index contributed by atoms with van der Waals surface area (Å²) in [7, 11) is 2.50. The van der Waals surface area contributed by atoms with Crippen molar-refractivity contribution in [2.75, 3.05) is 25.5 Å². The van der Waals surface area contributed by atoms with Crippen molar-refractivity contribution in [1.29, 1.82) is 0 Å². The fourth-order valence-corrected chi connectivity index (χ4v) is 5.49. The van der Waals surface area contributed by atoms with Crippen LogP contribution in [0.2, 0.25) is 5.02 Å². The lowest BCUT2D eigenvalue weighted by molar-refractivity contribution is -0.143. The van der Waals surface area contributed by atoms with Gasteiger partial charge in [0.25, 0.3) is 0 Å². The Morgan fingerprint density at radius 3 is 1.85 bits per heavy atom. The summed E-state index contributed by atoms with van der Waals surface area (Å²) in [5.74, 6) is -0.586. The highest BCUT2D eigenvalue weighted by Crippen LogP contribution is 2.44. The van der Waals surface area contributed by atoms with Crippen molar-refractivity contribution in [2.45, 2.75) is 57.5 Å². The number of carbonyl (C=O) groups excluding carboxylic acids is 1. The SMILES string of the molecule is CN(C(=O)N(C)[C@@H]1CCN(C(=O)O)C(C(C)(C)C)[C@@H]1c1ccc(Cl)cc1)c1cc(C(F)(F)F)cc(C(F)(F)F)c1. The second kappa shape index (κ2) is 11.0. The Balaban J connectivity index is 2.08. The average Bonchev–Trinajstić information content (AvgIpc) is 2.85. The molecule has 0 bridgehead atoms. The molecule has 1 N–H and O–H groups in total. The number of piperidine rings is 1. The first kappa shape index (κ1) is 31.4. The Hall–Kier alpha value is -3.15. The zero-order valence-corrected chi connectivity index (χ0v) is 23.2. The minimum atomic E-state index is -5.07. The monoisotopic (exact) mass is 593 g/mol. The summed E-state index contributed by atoms with van der Waals surface area (Å²) in [6, 6.07) is 5.53. The average molecular weight is 594 g/mol. The molecular formula is C27H30ClF6N3O3. The van der Waals surface area contributed by atoms with Crippen LogP contribution in [0.1, 0.15) is 49.8 Å². The molecule has 0 saturated carbocycles. The quantitative estimate of drug-likeness (QED) is 0.369. The van der Waals surface area contributed by atoms with Crippen molar-refractivity contribution in [3.05, 3.63) is 64.2 Å². The number of likely N-dealkylation sites (N-methyl/N-ethyl adjacent to an activating group) is 1. The number of anilines is 1. The summed E-state index contributed by atoms with van der Waals surface area (Å²) in [4.78, 5) is 29.1. The summed E-state index contributed by atoms with van der Waals surface area (Å²) in [5.41, 5.74) is -3.60. The topological polar surface area (TPSA) is 64.1 Å². The smallest absolute Gasteiger partial charge is 0.416 e. The predicted molar refractivity (Wildman–Crippen MR) is 139 cm³/mol. The summed E-state index contributed by atoms with van der Waals surface area (Å²) >= 11 is 6.07. The Bertz CT molecular complexity index is 1210. The van der Waals surface area contributed by atoms with Gasteiger partial charge in [0, 0.05) is 49.4 Å². The van der Waals surface area contributed by atoms with E-state index in [1.54, 1.807) is 24.3 Å². The van der Waals surface area contributed by atoms with E-state index in [-0.39, 0.29) is 19.0 Å². The van der Waals surface area contributed by atoms with Gasteiger partial charge >= 0.3 is 24.5 Å². The Kier molecular flexibility index (Phi) is 8.65. The molecule has 2 aromatic carbocycles. The number of hydrogen-bond acceptors (Lipinski definition) is 2. The molecule has 3 atom stereocenters. The molecular weight excluding hydrogens is 564 g/mol. The molecule has 2 aromatic rings. The molecule has 6 nitrogen and oxygen atoms in total. The number of nitrogens with zero attached hydrogens (tertiary/aromatic N) is 3. The first-order chi connectivity index (χ1) is 18.2. The molecule has 1 aliphatic heterocycles. The number of likely N-dealkylation sites (tertiary alicyclic amines) is 1. The van der Waals surface area contributed by atoms with Gasteiger partial charge in [0.15, 0.2) is 0 Å². The van der Waals surface area contributed by atoms with Gasteiger partial charge in [-0.05, 0) is 47.7 Å². The van der Waals surface area contributed by atoms with Crippen LogP contribution < -0.4 is 4.90 Å². The number of rotatable bonds is 3. The zero-order chi connectivity index (χ0) is 30.4. The summed E-state index contributed by atoms with van der Waals surface area (Å²) in [6.07, 6.45) is -11.1. The van der Waals surface area contributed by atoms with Crippen LogP contribution in [0.3, 0.4) is 0 Å². The summed E-state index contributed by atoms with van der Waals surface area (Å²) < 4.78 is 80.6. The van der Waals surface area contributed by atoms with Gasteiger partial charge < -0.3 is 14.9 Å². The van der Waals surface area contributed by atoms with Gasteiger partial charge in [-0.3, -0.25) is 4.90 Å². The number of alkyl halides is 6.